The molecular formula is C38H75NO6S. The third-order valence-corrected chi connectivity index (χ3v) is 9.86. The van der Waals surface area contributed by atoms with Crippen LogP contribution in [0.5, 0.6) is 0 Å². The molecule has 274 valence electrons. The van der Waals surface area contributed by atoms with E-state index in [1.54, 1.807) is 0 Å². The number of hydrogen-bond donors (Lipinski definition) is 4. The predicted molar refractivity (Wildman–Crippen MR) is 195 cm³/mol. The fourth-order valence-corrected chi connectivity index (χ4v) is 6.80. The van der Waals surface area contributed by atoms with Crippen molar-refractivity contribution in [3.8, 4) is 0 Å². The number of rotatable bonds is 35. The summed E-state index contributed by atoms with van der Waals surface area (Å²) in [5, 5.41) is 23.4. The van der Waals surface area contributed by atoms with Gasteiger partial charge in [0.1, 0.15) is 6.10 Å². The molecule has 7 nitrogen and oxygen atoms in total. The van der Waals surface area contributed by atoms with Gasteiger partial charge >= 0.3 is 0 Å². The van der Waals surface area contributed by atoms with Crippen molar-refractivity contribution in [3.63, 3.8) is 0 Å². The predicted octanol–water partition coefficient (Wildman–Crippen LogP) is 9.99. The van der Waals surface area contributed by atoms with E-state index in [1.807, 2.05) is 0 Å². The number of amides is 1. The summed E-state index contributed by atoms with van der Waals surface area (Å²) in [6, 6.07) is -1.15. The second-order valence-electron chi connectivity index (χ2n) is 13.7. The lowest BCUT2D eigenvalue weighted by Crippen LogP contribution is -2.50. The molecule has 0 spiro atoms. The number of aliphatic hydroxyl groups is 2. The van der Waals surface area contributed by atoms with E-state index in [0.29, 0.717) is 19.3 Å². The summed E-state index contributed by atoms with van der Waals surface area (Å²) in [5.41, 5.74) is 0. The Morgan fingerprint density at radius 2 is 0.913 bits per heavy atom. The van der Waals surface area contributed by atoms with Crippen LogP contribution < -0.4 is 5.32 Å². The van der Waals surface area contributed by atoms with Gasteiger partial charge in [0.25, 0.3) is 10.1 Å². The number of nitrogens with one attached hydrogen (secondary N) is 1. The van der Waals surface area contributed by atoms with Gasteiger partial charge < -0.3 is 15.5 Å². The molecular weight excluding hydrogens is 598 g/mol. The Balaban J connectivity index is 3.98. The van der Waals surface area contributed by atoms with E-state index in [9.17, 15) is 28.0 Å². The van der Waals surface area contributed by atoms with Gasteiger partial charge in [0, 0.05) is 0 Å². The third-order valence-electron chi connectivity index (χ3n) is 9.08. The summed E-state index contributed by atoms with van der Waals surface area (Å²) >= 11 is 0. The van der Waals surface area contributed by atoms with Crippen molar-refractivity contribution >= 4 is 16.0 Å². The monoisotopic (exact) mass is 674 g/mol. The van der Waals surface area contributed by atoms with Crippen LogP contribution in [0.2, 0.25) is 0 Å². The van der Waals surface area contributed by atoms with E-state index in [2.05, 4.69) is 31.3 Å². The van der Waals surface area contributed by atoms with Crippen LogP contribution in [0, 0.1) is 0 Å². The molecule has 0 fully saturated rings. The Labute approximate surface area is 284 Å². The average Bonchev–Trinajstić information content (AvgIpc) is 3.01. The largest absolute Gasteiger partial charge is 0.391 e. The van der Waals surface area contributed by atoms with Crippen molar-refractivity contribution in [2.24, 2.45) is 0 Å². The molecule has 0 aliphatic heterocycles. The fraction of sp³-hybridized carbons (Fsp3) is 0.921. The molecule has 0 bridgehead atoms. The van der Waals surface area contributed by atoms with Gasteiger partial charge in [-0.05, 0) is 38.5 Å². The SMILES string of the molecule is CCCCC/C=C\CCCCCCC(O)C(=O)NC(CS(=O)(=O)O)C(O)CCCCCCCCCCCCCCCCCCCC. The van der Waals surface area contributed by atoms with E-state index in [1.165, 1.54) is 109 Å². The zero-order valence-corrected chi connectivity index (χ0v) is 30.9. The summed E-state index contributed by atoms with van der Waals surface area (Å²) in [5.74, 6) is -1.46. The first-order valence-electron chi connectivity index (χ1n) is 19.5. The number of carbonyl (C=O) groups is 1. The van der Waals surface area contributed by atoms with Gasteiger partial charge in [-0.25, -0.2) is 0 Å². The molecule has 0 aliphatic rings. The second-order valence-corrected chi connectivity index (χ2v) is 15.2. The van der Waals surface area contributed by atoms with Crippen molar-refractivity contribution in [1.82, 2.24) is 5.32 Å². The molecule has 0 saturated heterocycles. The van der Waals surface area contributed by atoms with Crippen LogP contribution in [0.25, 0.3) is 0 Å². The van der Waals surface area contributed by atoms with E-state index >= 15 is 0 Å². The molecule has 4 N–H and O–H groups in total. The van der Waals surface area contributed by atoms with Gasteiger partial charge in [-0.3, -0.25) is 9.35 Å². The zero-order valence-electron chi connectivity index (χ0n) is 30.1. The maximum absolute atomic E-state index is 12.5. The first-order chi connectivity index (χ1) is 22.2. The lowest BCUT2D eigenvalue weighted by atomic mass is 10.0. The molecule has 0 aromatic carbocycles. The summed E-state index contributed by atoms with van der Waals surface area (Å²) in [4.78, 5) is 12.5. The molecule has 0 aromatic heterocycles. The van der Waals surface area contributed by atoms with Crippen molar-refractivity contribution in [1.29, 1.82) is 0 Å². The van der Waals surface area contributed by atoms with Crippen LogP contribution in [0.15, 0.2) is 12.2 Å². The van der Waals surface area contributed by atoms with Gasteiger partial charge in [0.2, 0.25) is 5.91 Å². The van der Waals surface area contributed by atoms with E-state index in [4.69, 9.17) is 0 Å². The molecule has 0 radical (unpaired) electrons. The number of allylic oxidation sites excluding steroid dienone is 2. The molecule has 0 saturated carbocycles. The lowest BCUT2D eigenvalue weighted by Gasteiger charge is -2.24. The van der Waals surface area contributed by atoms with Crippen molar-refractivity contribution in [2.75, 3.05) is 5.75 Å². The van der Waals surface area contributed by atoms with Crippen LogP contribution in [0.3, 0.4) is 0 Å². The van der Waals surface area contributed by atoms with E-state index in [-0.39, 0.29) is 6.42 Å². The molecule has 3 unspecified atom stereocenters. The smallest absolute Gasteiger partial charge is 0.266 e. The van der Waals surface area contributed by atoms with Crippen molar-refractivity contribution < 1.29 is 28.0 Å². The maximum atomic E-state index is 12.5. The van der Waals surface area contributed by atoms with E-state index in [0.717, 1.165) is 51.4 Å². The summed E-state index contributed by atoms with van der Waals surface area (Å²) in [7, 11) is -4.40. The second kappa shape index (κ2) is 32.6. The van der Waals surface area contributed by atoms with Crippen LogP contribution in [-0.4, -0.2) is 53.1 Å². The highest BCUT2D eigenvalue weighted by molar-refractivity contribution is 7.85. The highest BCUT2D eigenvalue weighted by atomic mass is 32.2. The van der Waals surface area contributed by atoms with Gasteiger partial charge in [-0.15, -0.1) is 0 Å². The van der Waals surface area contributed by atoms with Crippen molar-refractivity contribution in [3.05, 3.63) is 12.2 Å². The minimum absolute atomic E-state index is 0.284. The Morgan fingerprint density at radius 1 is 0.565 bits per heavy atom. The Morgan fingerprint density at radius 3 is 1.35 bits per heavy atom. The van der Waals surface area contributed by atoms with Crippen LogP contribution in [0.4, 0.5) is 0 Å². The molecule has 0 aliphatic carbocycles. The minimum Gasteiger partial charge on any atom is -0.391 e. The maximum Gasteiger partial charge on any atom is 0.266 e. The first kappa shape index (κ1) is 45.0. The Bertz CT molecular complexity index is 803. The average molecular weight is 674 g/mol. The summed E-state index contributed by atoms with van der Waals surface area (Å²) in [6.07, 6.45) is 35.2. The molecule has 0 aromatic rings. The molecule has 3 atom stereocenters. The number of hydrogen-bond acceptors (Lipinski definition) is 5. The van der Waals surface area contributed by atoms with Gasteiger partial charge in [-0.1, -0.05) is 174 Å². The van der Waals surface area contributed by atoms with Gasteiger partial charge in [0.15, 0.2) is 0 Å². The molecule has 0 rings (SSSR count). The van der Waals surface area contributed by atoms with Gasteiger partial charge in [0.05, 0.1) is 17.9 Å². The first-order valence-corrected chi connectivity index (χ1v) is 21.1. The standard InChI is InChI=1S/C38H75NO6S/c1-3-5-7-9-11-13-15-16-17-18-19-20-21-23-24-26-28-30-32-36(40)35(34-46(43,44)45)39-38(42)37(41)33-31-29-27-25-22-14-12-10-8-6-4-2/h12,14,35-37,40-41H,3-11,13,15-34H2,1-2H3,(H,39,42)(H,43,44,45)/b14-12-. The fourth-order valence-electron chi connectivity index (χ4n) is 6.04. The number of carbonyl (C=O) groups excluding carboxylic acids is 1. The zero-order chi connectivity index (χ0) is 34.1. The quantitative estimate of drug-likeness (QED) is 0.0302. The number of unbranched alkanes of at least 4 members (excludes halogenated alkanes) is 24. The van der Waals surface area contributed by atoms with Gasteiger partial charge in [-0.2, -0.15) is 8.42 Å². The van der Waals surface area contributed by atoms with Crippen LogP contribution in [-0.2, 0) is 14.9 Å². The van der Waals surface area contributed by atoms with E-state index < -0.39 is 40.0 Å². The lowest BCUT2D eigenvalue weighted by molar-refractivity contribution is -0.131. The van der Waals surface area contributed by atoms with Crippen LogP contribution in [0.1, 0.15) is 200 Å². The molecule has 1 amide bonds. The highest BCUT2D eigenvalue weighted by Gasteiger charge is 2.28. The molecule has 8 heteroatoms. The third kappa shape index (κ3) is 31.6. The number of aliphatic hydroxyl groups excluding tert-OH is 2. The van der Waals surface area contributed by atoms with Crippen LogP contribution >= 0.6 is 0 Å². The summed E-state index contributed by atoms with van der Waals surface area (Å²) < 4.78 is 32.5. The Hall–Kier alpha value is -0.960. The van der Waals surface area contributed by atoms with Crippen molar-refractivity contribution in [2.45, 2.75) is 218 Å². The topological polar surface area (TPSA) is 124 Å². The molecule has 46 heavy (non-hydrogen) atoms. The normalized spacial score (nSPS) is 14.1. The highest BCUT2D eigenvalue weighted by Crippen LogP contribution is 2.16. The minimum atomic E-state index is -4.40. The molecule has 0 heterocycles. The summed E-state index contributed by atoms with van der Waals surface area (Å²) in [6.45, 7) is 4.47. The Kier molecular flexibility index (Phi) is 31.9.